The SMILES string of the molecule is C=CC(=O)Nc1ccc(C(=O)Nc2cc3cc(c2)Nc2nccc(n2)-c2cccc(c2)OCC/C=C/CN(CC2CC2)C3)cc1. The third-order valence-electron chi connectivity index (χ3n) is 7.60. The highest BCUT2D eigenvalue weighted by Crippen LogP contribution is 2.31. The zero-order valence-corrected chi connectivity index (χ0v) is 25.0. The molecule has 0 spiro atoms. The fraction of sp³-hybridized carbons (Fsp3) is 0.222. The summed E-state index contributed by atoms with van der Waals surface area (Å²) in [6, 6.07) is 22.5. The van der Waals surface area contributed by atoms with Crippen LogP contribution < -0.4 is 20.7 Å². The van der Waals surface area contributed by atoms with Gasteiger partial charge in [0.15, 0.2) is 0 Å². The van der Waals surface area contributed by atoms with Crippen molar-refractivity contribution in [2.75, 3.05) is 35.6 Å². The van der Waals surface area contributed by atoms with Crippen LogP contribution in [0.4, 0.5) is 23.0 Å². The minimum absolute atomic E-state index is 0.257. The molecule has 2 aliphatic rings. The van der Waals surface area contributed by atoms with E-state index in [2.05, 4.69) is 50.6 Å². The van der Waals surface area contributed by atoms with Gasteiger partial charge >= 0.3 is 0 Å². The molecule has 2 amide bonds. The number of anilines is 4. The smallest absolute Gasteiger partial charge is 0.255 e. The van der Waals surface area contributed by atoms with Crippen LogP contribution in [0.15, 0.2) is 104 Å². The van der Waals surface area contributed by atoms with Gasteiger partial charge in [-0.2, -0.15) is 0 Å². The number of carbonyl (C=O) groups is 2. The lowest BCUT2D eigenvalue weighted by Gasteiger charge is -2.22. The number of carbonyl (C=O) groups excluding carboxylic acids is 2. The second-order valence-electron chi connectivity index (χ2n) is 11.3. The Morgan fingerprint density at radius 1 is 1.00 bits per heavy atom. The number of hydrogen-bond donors (Lipinski definition) is 3. The van der Waals surface area contributed by atoms with E-state index < -0.39 is 0 Å². The van der Waals surface area contributed by atoms with Crippen molar-refractivity contribution in [3.63, 3.8) is 0 Å². The zero-order chi connectivity index (χ0) is 31.0. The normalized spacial score (nSPS) is 15.7. The van der Waals surface area contributed by atoms with Gasteiger partial charge in [0, 0.05) is 54.0 Å². The highest BCUT2D eigenvalue weighted by atomic mass is 16.5. The van der Waals surface area contributed by atoms with Crippen molar-refractivity contribution in [1.29, 1.82) is 0 Å². The molecule has 1 aliphatic carbocycles. The molecule has 1 aliphatic heterocycles. The molecule has 2 heterocycles. The first-order valence-electron chi connectivity index (χ1n) is 15.2. The predicted molar refractivity (Wildman–Crippen MR) is 178 cm³/mol. The summed E-state index contributed by atoms with van der Waals surface area (Å²) < 4.78 is 6.02. The number of ether oxygens (including phenoxy) is 1. The van der Waals surface area contributed by atoms with Crippen LogP contribution in [-0.2, 0) is 11.3 Å². The Hall–Kier alpha value is -5.28. The van der Waals surface area contributed by atoms with E-state index in [0.29, 0.717) is 29.5 Å². The van der Waals surface area contributed by atoms with Gasteiger partial charge in [0.05, 0.1) is 12.3 Å². The standard InChI is InChI=1S/C36H36N6O3/c1-2-34(43)38-29-13-11-27(12-14-29)35(44)39-30-19-26-20-31(22-30)40-36-37-16-15-33(41-36)28-7-6-8-32(21-28)45-18-5-3-4-17-42(24-26)23-25-9-10-25/h2-4,6-8,11-16,19-22,25H,1,5,9-10,17-18,23-24H2,(H,38,43)(H,39,44)(H,37,40,41)/b4-3+. The van der Waals surface area contributed by atoms with E-state index in [-0.39, 0.29) is 11.8 Å². The van der Waals surface area contributed by atoms with Crippen molar-refractivity contribution >= 4 is 34.8 Å². The van der Waals surface area contributed by atoms with Gasteiger partial charge in [-0.15, -0.1) is 0 Å². The van der Waals surface area contributed by atoms with Crippen molar-refractivity contribution in [1.82, 2.24) is 14.9 Å². The molecule has 0 atom stereocenters. The number of amides is 2. The maximum Gasteiger partial charge on any atom is 0.255 e. The van der Waals surface area contributed by atoms with Gasteiger partial charge in [-0.25, -0.2) is 9.97 Å². The van der Waals surface area contributed by atoms with E-state index in [4.69, 9.17) is 9.72 Å². The van der Waals surface area contributed by atoms with Crippen molar-refractivity contribution in [3.8, 4) is 17.0 Å². The number of rotatable bonds is 6. The molecule has 1 fully saturated rings. The number of nitrogens with zero attached hydrogens (tertiary/aromatic N) is 3. The molecular weight excluding hydrogens is 564 g/mol. The second kappa shape index (κ2) is 14.0. The van der Waals surface area contributed by atoms with Gasteiger partial charge in [-0.3, -0.25) is 14.5 Å². The summed E-state index contributed by atoms with van der Waals surface area (Å²) in [4.78, 5) is 36.6. The lowest BCUT2D eigenvalue weighted by molar-refractivity contribution is -0.111. The maximum absolute atomic E-state index is 13.3. The molecule has 1 saturated carbocycles. The zero-order valence-electron chi connectivity index (χ0n) is 25.0. The molecule has 45 heavy (non-hydrogen) atoms. The largest absolute Gasteiger partial charge is 0.493 e. The molecule has 6 rings (SSSR count). The van der Waals surface area contributed by atoms with E-state index in [9.17, 15) is 9.59 Å². The summed E-state index contributed by atoms with van der Waals surface area (Å²) in [5, 5.41) is 9.11. The van der Waals surface area contributed by atoms with Crippen LogP contribution in [-0.4, -0.2) is 46.4 Å². The molecule has 9 nitrogen and oxygen atoms in total. The Kier molecular flexibility index (Phi) is 9.27. The number of aromatic nitrogens is 2. The third kappa shape index (κ3) is 8.43. The topological polar surface area (TPSA) is 108 Å². The highest BCUT2D eigenvalue weighted by Gasteiger charge is 2.24. The fourth-order valence-electron chi connectivity index (χ4n) is 5.20. The van der Waals surface area contributed by atoms with Gasteiger partial charge in [-0.1, -0.05) is 30.9 Å². The minimum atomic E-state index is -0.310. The molecule has 6 bridgehead atoms. The average molecular weight is 601 g/mol. The van der Waals surface area contributed by atoms with Gasteiger partial charge in [0.2, 0.25) is 11.9 Å². The van der Waals surface area contributed by atoms with Crippen molar-refractivity contribution in [2.24, 2.45) is 5.92 Å². The Morgan fingerprint density at radius 2 is 1.87 bits per heavy atom. The average Bonchev–Trinajstić information content (AvgIpc) is 3.87. The summed E-state index contributed by atoms with van der Waals surface area (Å²) in [5.41, 5.74) is 5.23. The summed E-state index contributed by atoms with van der Waals surface area (Å²) in [5.74, 6) is 1.41. The first-order chi connectivity index (χ1) is 22.0. The molecule has 3 N–H and O–H groups in total. The van der Waals surface area contributed by atoms with Crippen LogP contribution in [0.3, 0.4) is 0 Å². The summed E-state index contributed by atoms with van der Waals surface area (Å²) in [6.07, 6.45) is 10.7. The second-order valence-corrected chi connectivity index (χ2v) is 11.3. The lowest BCUT2D eigenvalue weighted by atomic mass is 10.1. The highest BCUT2D eigenvalue weighted by molar-refractivity contribution is 6.05. The minimum Gasteiger partial charge on any atom is -0.493 e. The first kappa shape index (κ1) is 29.8. The molecular formula is C36H36N6O3. The van der Waals surface area contributed by atoms with E-state index in [1.54, 1.807) is 30.5 Å². The van der Waals surface area contributed by atoms with Gasteiger partial charge < -0.3 is 20.7 Å². The van der Waals surface area contributed by atoms with Crippen LogP contribution in [0.2, 0.25) is 0 Å². The Labute approximate surface area is 263 Å². The Balaban J connectivity index is 1.30. The van der Waals surface area contributed by atoms with E-state index in [1.807, 2.05) is 42.5 Å². The van der Waals surface area contributed by atoms with Gasteiger partial charge in [0.1, 0.15) is 5.75 Å². The van der Waals surface area contributed by atoms with Crippen LogP contribution in [0, 0.1) is 5.92 Å². The van der Waals surface area contributed by atoms with Crippen LogP contribution in [0.25, 0.3) is 11.3 Å². The molecule has 3 aromatic carbocycles. The number of fused-ring (bicyclic) bond motifs is 7. The lowest BCUT2D eigenvalue weighted by Crippen LogP contribution is -2.26. The molecule has 1 aromatic heterocycles. The number of nitrogens with one attached hydrogen (secondary N) is 3. The molecule has 228 valence electrons. The molecule has 0 unspecified atom stereocenters. The van der Waals surface area contributed by atoms with Gasteiger partial charge in [0.25, 0.3) is 5.91 Å². The molecule has 0 saturated heterocycles. The van der Waals surface area contributed by atoms with E-state index >= 15 is 0 Å². The Bertz CT molecular complexity index is 1710. The predicted octanol–water partition coefficient (Wildman–Crippen LogP) is 6.81. The monoisotopic (exact) mass is 600 g/mol. The van der Waals surface area contributed by atoms with E-state index in [0.717, 1.165) is 60.2 Å². The van der Waals surface area contributed by atoms with Crippen molar-refractivity contribution < 1.29 is 14.3 Å². The maximum atomic E-state index is 13.3. The Morgan fingerprint density at radius 3 is 2.69 bits per heavy atom. The van der Waals surface area contributed by atoms with E-state index in [1.165, 1.54) is 18.9 Å². The third-order valence-corrected chi connectivity index (χ3v) is 7.60. The quantitative estimate of drug-likeness (QED) is 0.165. The molecule has 0 radical (unpaired) electrons. The summed E-state index contributed by atoms with van der Waals surface area (Å²) in [7, 11) is 0. The van der Waals surface area contributed by atoms with Crippen LogP contribution in [0.1, 0.15) is 35.2 Å². The van der Waals surface area contributed by atoms with Crippen LogP contribution >= 0.6 is 0 Å². The summed E-state index contributed by atoms with van der Waals surface area (Å²) >= 11 is 0. The molecule has 9 heteroatoms. The van der Waals surface area contributed by atoms with Crippen molar-refractivity contribution in [3.05, 3.63) is 115 Å². The van der Waals surface area contributed by atoms with Crippen LogP contribution in [0.5, 0.6) is 5.75 Å². The van der Waals surface area contributed by atoms with Crippen molar-refractivity contribution in [2.45, 2.75) is 25.8 Å². The molecule has 4 aromatic rings. The fourth-order valence-corrected chi connectivity index (χ4v) is 5.20. The number of benzene rings is 3. The first-order valence-corrected chi connectivity index (χ1v) is 15.2. The summed E-state index contributed by atoms with van der Waals surface area (Å²) in [6.45, 7) is 6.63. The van der Waals surface area contributed by atoms with Gasteiger partial charge in [-0.05, 0) is 97.5 Å². The number of hydrogen-bond acceptors (Lipinski definition) is 7.